The number of piperazine rings is 1. The first-order valence-electron chi connectivity index (χ1n) is 8.16. The normalized spacial score (nSPS) is 15.4. The first-order valence-corrected chi connectivity index (χ1v) is 8.98. The summed E-state index contributed by atoms with van der Waals surface area (Å²) < 4.78 is 3.16. The maximum Gasteiger partial charge on any atom is 0.203 e. The van der Waals surface area contributed by atoms with Crippen molar-refractivity contribution < 1.29 is 0 Å². The fraction of sp³-hybridized carbons (Fsp3) is 0.312. The molecule has 0 saturated carbocycles. The summed E-state index contributed by atoms with van der Waals surface area (Å²) in [6.07, 6.45) is 7.35. The third-order valence-electron chi connectivity index (χ3n) is 4.51. The van der Waals surface area contributed by atoms with E-state index in [9.17, 15) is 0 Å². The Morgan fingerprint density at radius 1 is 1.04 bits per heavy atom. The molecule has 1 aliphatic rings. The Bertz CT molecular complexity index is 1010. The lowest BCUT2D eigenvalue weighted by Gasteiger charge is -2.35. The van der Waals surface area contributed by atoms with E-state index >= 15 is 0 Å². The molecule has 0 spiro atoms. The number of nitrogens with zero attached hydrogens (tertiary/aromatic N) is 8. The van der Waals surface area contributed by atoms with Crippen molar-refractivity contribution >= 4 is 38.2 Å². The number of pyridine rings is 1. The van der Waals surface area contributed by atoms with Gasteiger partial charge in [-0.15, -0.1) is 10.2 Å². The molecule has 0 aliphatic carbocycles. The van der Waals surface area contributed by atoms with Gasteiger partial charge in [-0.3, -0.25) is 9.38 Å². The fourth-order valence-electron chi connectivity index (χ4n) is 3.16. The van der Waals surface area contributed by atoms with Crippen molar-refractivity contribution in [2.45, 2.75) is 6.92 Å². The minimum Gasteiger partial charge on any atom is -0.350 e. The molecule has 1 aliphatic heterocycles. The highest BCUT2D eigenvalue weighted by Gasteiger charge is 2.23. The van der Waals surface area contributed by atoms with Crippen molar-refractivity contribution in [3.05, 3.63) is 36.7 Å². The number of hydrogen-bond donors (Lipinski definition) is 0. The molecule has 0 aromatic carbocycles. The highest BCUT2D eigenvalue weighted by Crippen LogP contribution is 2.29. The first kappa shape index (κ1) is 14.5. The Hall–Kier alpha value is -2.81. The monoisotopic (exact) mass is 352 g/mol. The Morgan fingerprint density at radius 2 is 1.88 bits per heavy atom. The van der Waals surface area contributed by atoms with E-state index in [0.717, 1.165) is 54.1 Å². The number of thiazole rings is 1. The first-order chi connectivity index (χ1) is 12.3. The van der Waals surface area contributed by atoms with Gasteiger partial charge in [0, 0.05) is 44.8 Å². The third-order valence-corrected chi connectivity index (χ3v) is 5.60. The van der Waals surface area contributed by atoms with E-state index in [0.29, 0.717) is 0 Å². The van der Waals surface area contributed by atoms with Crippen LogP contribution in [0.5, 0.6) is 0 Å². The van der Waals surface area contributed by atoms with Crippen molar-refractivity contribution in [2.24, 2.45) is 0 Å². The third kappa shape index (κ3) is 2.39. The Kier molecular flexibility index (Phi) is 3.27. The van der Waals surface area contributed by atoms with Crippen LogP contribution >= 0.6 is 11.3 Å². The van der Waals surface area contributed by atoms with Gasteiger partial charge in [0.15, 0.2) is 10.9 Å². The van der Waals surface area contributed by atoms with Gasteiger partial charge in [0.05, 0.1) is 10.9 Å². The molecule has 0 bridgehead atoms. The molecular weight excluding hydrogens is 336 g/mol. The lowest BCUT2D eigenvalue weighted by Crippen LogP contribution is -2.47. The summed E-state index contributed by atoms with van der Waals surface area (Å²) in [7, 11) is 0. The van der Waals surface area contributed by atoms with Gasteiger partial charge >= 0.3 is 0 Å². The van der Waals surface area contributed by atoms with Crippen LogP contribution in [0, 0.1) is 6.92 Å². The number of aryl methyl sites for hydroxylation is 1. The zero-order chi connectivity index (χ0) is 16.8. The van der Waals surface area contributed by atoms with Crippen molar-refractivity contribution in [3.8, 4) is 0 Å². The number of anilines is 2. The standard InChI is InChI=1S/C16H16N8S/c1-11-20-21-15-14(18-4-5-24(11)15)22-6-8-23(9-7-22)16-19-12-10-17-3-2-13(12)25-16/h2-5,10H,6-9H2,1H3. The molecule has 8 nitrogen and oxygen atoms in total. The molecule has 0 N–H and O–H groups in total. The Morgan fingerprint density at radius 3 is 2.72 bits per heavy atom. The molecular formula is C16H16N8S. The predicted molar refractivity (Wildman–Crippen MR) is 97.4 cm³/mol. The maximum absolute atomic E-state index is 4.71. The number of aromatic nitrogens is 6. The average molecular weight is 352 g/mol. The van der Waals surface area contributed by atoms with Crippen LogP contribution in [0.2, 0.25) is 0 Å². The lowest BCUT2D eigenvalue weighted by atomic mass is 10.3. The van der Waals surface area contributed by atoms with Crippen LogP contribution in [-0.4, -0.2) is 55.7 Å². The minimum atomic E-state index is 0.819. The fourth-order valence-corrected chi connectivity index (χ4v) is 4.15. The summed E-state index contributed by atoms with van der Waals surface area (Å²) in [5.41, 5.74) is 1.79. The molecule has 5 heterocycles. The topological polar surface area (TPSA) is 75.3 Å². The van der Waals surface area contributed by atoms with Crippen molar-refractivity contribution in [1.29, 1.82) is 0 Å². The molecule has 0 atom stereocenters. The van der Waals surface area contributed by atoms with Crippen LogP contribution in [0.1, 0.15) is 5.82 Å². The van der Waals surface area contributed by atoms with E-state index in [4.69, 9.17) is 4.98 Å². The molecule has 1 saturated heterocycles. The highest BCUT2D eigenvalue weighted by atomic mass is 32.1. The molecule has 0 radical (unpaired) electrons. The van der Waals surface area contributed by atoms with Crippen LogP contribution in [0.4, 0.5) is 10.9 Å². The van der Waals surface area contributed by atoms with E-state index in [2.05, 4.69) is 30.0 Å². The molecule has 25 heavy (non-hydrogen) atoms. The van der Waals surface area contributed by atoms with E-state index < -0.39 is 0 Å². The summed E-state index contributed by atoms with van der Waals surface area (Å²) in [6.45, 7) is 5.52. The SMILES string of the molecule is Cc1nnc2c(N3CCN(c4nc5cnccc5s4)CC3)nccn12. The largest absolute Gasteiger partial charge is 0.350 e. The second kappa shape index (κ2) is 5.62. The van der Waals surface area contributed by atoms with E-state index in [1.165, 1.54) is 4.70 Å². The van der Waals surface area contributed by atoms with Crippen LogP contribution in [-0.2, 0) is 0 Å². The molecule has 9 heteroatoms. The minimum absolute atomic E-state index is 0.819. The summed E-state index contributed by atoms with van der Waals surface area (Å²) >= 11 is 1.72. The zero-order valence-corrected chi connectivity index (χ0v) is 14.5. The van der Waals surface area contributed by atoms with Crippen LogP contribution in [0.25, 0.3) is 15.9 Å². The van der Waals surface area contributed by atoms with Gasteiger partial charge in [0.25, 0.3) is 0 Å². The summed E-state index contributed by atoms with van der Waals surface area (Å²) in [5.74, 6) is 1.77. The molecule has 5 rings (SSSR count). The second-order valence-electron chi connectivity index (χ2n) is 6.01. The average Bonchev–Trinajstić information content (AvgIpc) is 3.26. The van der Waals surface area contributed by atoms with Crippen LogP contribution in [0.15, 0.2) is 30.9 Å². The van der Waals surface area contributed by atoms with E-state index in [1.807, 2.05) is 42.2 Å². The molecule has 0 unspecified atom stereocenters. The van der Waals surface area contributed by atoms with E-state index in [1.54, 1.807) is 11.3 Å². The van der Waals surface area contributed by atoms with Gasteiger partial charge in [-0.05, 0) is 13.0 Å². The lowest BCUT2D eigenvalue weighted by molar-refractivity contribution is 0.646. The van der Waals surface area contributed by atoms with Crippen molar-refractivity contribution in [2.75, 3.05) is 36.0 Å². The van der Waals surface area contributed by atoms with Gasteiger partial charge in [-0.1, -0.05) is 11.3 Å². The second-order valence-corrected chi connectivity index (χ2v) is 7.01. The maximum atomic E-state index is 4.71. The molecule has 0 amide bonds. The number of fused-ring (bicyclic) bond motifs is 2. The van der Waals surface area contributed by atoms with Gasteiger partial charge in [-0.25, -0.2) is 9.97 Å². The molecule has 1 fully saturated rings. The summed E-state index contributed by atoms with van der Waals surface area (Å²) in [6, 6.07) is 2.02. The Labute approximate surface area is 147 Å². The molecule has 4 aromatic heterocycles. The smallest absolute Gasteiger partial charge is 0.203 e. The van der Waals surface area contributed by atoms with Crippen LogP contribution in [0.3, 0.4) is 0 Å². The van der Waals surface area contributed by atoms with Gasteiger partial charge in [-0.2, -0.15) is 0 Å². The Balaban J connectivity index is 1.38. The van der Waals surface area contributed by atoms with Gasteiger partial charge in [0.2, 0.25) is 5.65 Å². The summed E-state index contributed by atoms with van der Waals surface area (Å²) in [5, 5.41) is 9.50. The zero-order valence-electron chi connectivity index (χ0n) is 13.7. The quantitative estimate of drug-likeness (QED) is 0.544. The van der Waals surface area contributed by atoms with Crippen LogP contribution < -0.4 is 9.80 Å². The molecule has 126 valence electrons. The van der Waals surface area contributed by atoms with Gasteiger partial charge in [0.1, 0.15) is 11.3 Å². The van der Waals surface area contributed by atoms with E-state index in [-0.39, 0.29) is 0 Å². The van der Waals surface area contributed by atoms with Crippen molar-refractivity contribution in [3.63, 3.8) is 0 Å². The van der Waals surface area contributed by atoms with Crippen molar-refractivity contribution in [1.82, 2.24) is 29.5 Å². The molecule has 4 aromatic rings. The highest BCUT2D eigenvalue weighted by molar-refractivity contribution is 7.22. The van der Waals surface area contributed by atoms with Gasteiger partial charge < -0.3 is 9.80 Å². The number of rotatable bonds is 2. The predicted octanol–water partition coefficient (Wildman–Crippen LogP) is 1.76. The number of hydrogen-bond acceptors (Lipinski definition) is 8. The summed E-state index contributed by atoms with van der Waals surface area (Å²) in [4.78, 5) is 18.0.